The zero-order valence-electron chi connectivity index (χ0n) is 24.1. The first-order valence-corrected chi connectivity index (χ1v) is 13.8. The summed E-state index contributed by atoms with van der Waals surface area (Å²) in [5.74, 6) is 0. The molecule has 0 N–H and O–H groups in total. The Hall–Kier alpha value is -3.21. The molecule has 0 saturated heterocycles. The smallest absolute Gasteiger partial charge is 0.877 e. The number of allylic oxidation sites excluding steroid dienone is 9. The van der Waals surface area contributed by atoms with E-state index in [-0.39, 0.29) is 17.1 Å². The molecule has 5 nitrogen and oxygen atoms in total. The van der Waals surface area contributed by atoms with Crippen LogP contribution in [0.4, 0.5) is 0 Å². The first-order chi connectivity index (χ1) is 18.3. The van der Waals surface area contributed by atoms with Crippen molar-refractivity contribution in [3.63, 3.8) is 0 Å². The van der Waals surface area contributed by atoms with E-state index in [1.165, 1.54) is 22.3 Å². The normalized spacial score (nSPS) is 19.7. The minimum atomic E-state index is 0. The summed E-state index contributed by atoms with van der Waals surface area (Å²) in [5, 5.41) is 12.7. The average molecular weight is 568 g/mol. The van der Waals surface area contributed by atoms with Crippen LogP contribution in [0.5, 0.6) is 0 Å². The number of fused-ring (bicyclic) bond motifs is 5. The third-order valence-electron chi connectivity index (χ3n) is 8.34. The first-order valence-electron chi connectivity index (χ1n) is 13.8. The Bertz CT molecular complexity index is 1570. The van der Waals surface area contributed by atoms with Crippen molar-refractivity contribution in [1.29, 1.82) is 0 Å². The van der Waals surface area contributed by atoms with Crippen LogP contribution in [0, 0.1) is 6.92 Å². The Balaban J connectivity index is 0.00000353. The van der Waals surface area contributed by atoms with Crippen LogP contribution in [-0.2, 0) is 23.5 Å². The van der Waals surface area contributed by atoms with Gasteiger partial charge in [-0.1, -0.05) is 44.9 Å². The second kappa shape index (κ2) is 11.1. The molecule has 1 radical (unpaired) electrons. The van der Waals surface area contributed by atoms with Gasteiger partial charge in [0.15, 0.2) is 0 Å². The average Bonchev–Trinajstić information content (AvgIpc) is 3.57. The molecule has 1 aromatic heterocycles. The fourth-order valence-corrected chi connectivity index (χ4v) is 6.11. The molecular weight excluding hydrogens is 532 g/mol. The zero-order valence-corrected chi connectivity index (χ0v) is 25.1. The van der Waals surface area contributed by atoms with Crippen molar-refractivity contribution in [1.82, 2.24) is 4.98 Å². The molecule has 39 heavy (non-hydrogen) atoms. The molecule has 0 aliphatic carbocycles. The van der Waals surface area contributed by atoms with E-state index in [4.69, 9.17) is 20.0 Å². The van der Waals surface area contributed by atoms with Gasteiger partial charge in [-0.25, -0.2) is 15.0 Å². The zero-order chi connectivity index (χ0) is 27.3. The molecule has 0 saturated carbocycles. The van der Waals surface area contributed by atoms with Crippen molar-refractivity contribution in [3.8, 4) is 0 Å². The molecule has 0 fully saturated rings. The van der Waals surface area contributed by atoms with Gasteiger partial charge in [-0.2, -0.15) is 0 Å². The maximum atomic E-state index is 12.7. The van der Waals surface area contributed by atoms with Crippen molar-refractivity contribution in [2.24, 2.45) is 15.0 Å². The van der Waals surface area contributed by atoms with E-state index < -0.39 is 0 Å². The van der Waals surface area contributed by atoms with E-state index in [0.717, 1.165) is 99.8 Å². The molecule has 205 valence electrons. The van der Waals surface area contributed by atoms with Gasteiger partial charge in [0.1, 0.15) is 0 Å². The molecule has 5 heterocycles. The van der Waals surface area contributed by atoms with Gasteiger partial charge in [0, 0.05) is 0 Å². The van der Waals surface area contributed by atoms with E-state index in [1.54, 1.807) is 0 Å². The minimum absolute atomic E-state index is 0. The Morgan fingerprint density at radius 1 is 0.692 bits per heavy atom. The predicted octanol–water partition coefficient (Wildman–Crippen LogP) is 6.88. The largest absolute Gasteiger partial charge is 2.00 e. The predicted molar refractivity (Wildman–Crippen MR) is 157 cm³/mol. The summed E-state index contributed by atoms with van der Waals surface area (Å²) in [6.07, 6.45) is 10.6. The van der Waals surface area contributed by atoms with E-state index in [9.17, 15) is 5.11 Å². The molecule has 0 spiro atoms. The maximum Gasteiger partial charge on any atom is 2.00 e. The standard InChI is InChI=1S/C33H37N4O.Cu/c1-9-21-18(6)27-14-31-23(11-3)20(8)32(37-31)25(16-38)33-24(12-4)19(7)28(36-33)15-30-22(10-2)17(5)26(34-30)13-29(21)35-27;/h13-16H,9-12H2,1-8H3,(H-,34,35,36,37,38);/q-1;+2/p-1. The fraction of sp³-hybridized carbons (Fsp3) is 0.364. The van der Waals surface area contributed by atoms with Crippen LogP contribution in [0.2, 0.25) is 0 Å². The van der Waals surface area contributed by atoms with Gasteiger partial charge in [-0.15, -0.1) is 17.6 Å². The Morgan fingerprint density at radius 2 is 1.18 bits per heavy atom. The first kappa shape index (κ1) is 28.8. The maximum absolute atomic E-state index is 12.7. The molecule has 0 aromatic carbocycles. The van der Waals surface area contributed by atoms with Crippen LogP contribution < -0.4 is 10.1 Å². The summed E-state index contributed by atoms with van der Waals surface area (Å²) in [6.45, 7) is 17.1. The van der Waals surface area contributed by atoms with E-state index in [0.29, 0.717) is 5.57 Å². The van der Waals surface area contributed by atoms with Crippen LogP contribution in [0.1, 0.15) is 90.2 Å². The van der Waals surface area contributed by atoms with Gasteiger partial charge in [0.05, 0.1) is 34.2 Å². The van der Waals surface area contributed by atoms with Gasteiger partial charge in [-0.05, 0) is 105 Å². The Labute approximate surface area is 242 Å². The van der Waals surface area contributed by atoms with Gasteiger partial charge in [-0.3, -0.25) is 0 Å². The number of rotatable bonds is 4. The van der Waals surface area contributed by atoms with Crippen molar-refractivity contribution in [2.45, 2.75) is 81.1 Å². The fourth-order valence-electron chi connectivity index (χ4n) is 6.11. The molecule has 5 rings (SSSR count). The molecule has 8 bridgehead atoms. The number of hydrogen-bond acceptors (Lipinski definition) is 4. The van der Waals surface area contributed by atoms with Gasteiger partial charge >= 0.3 is 17.1 Å². The SMILES string of the molecule is CCC1=C(C)C2=NC1=Cc1[n-]c(c(CC)c1C)/C(=C/[O-])C1=NC(=CC3=NC(=C2)C(CC)=C3C)C(CC)=C1C.[Cu+2]. The second-order valence-corrected chi connectivity index (χ2v) is 10.2. The van der Waals surface area contributed by atoms with Crippen LogP contribution in [0.3, 0.4) is 0 Å². The number of aromatic nitrogens is 1. The summed E-state index contributed by atoms with van der Waals surface area (Å²) >= 11 is 0. The number of nitrogens with zero attached hydrogens (tertiary/aromatic N) is 4. The Morgan fingerprint density at radius 3 is 1.67 bits per heavy atom. The van der Waals surface area contributed by atoms with Crippen LogP contribution in [-0.4, -0.2) is 17.1 Å². The number of aliphatic imine (C=N–C) groups is 3. The topological polar surface area (TPSA) is 74.2 Å². The molecule has 6 heteroatoms. The van der Waals surface area contributed by atoms with E-state index in [1.807, 2.05) is 0 Å². The third kappa shape index (κ3) is 4.54. The summed E-state index contributed by atoms with van der Waals surface area (Å²) in [4.78, 5) is 20.3. The molecule has 4 aliphatic heterocycles. The van der Waals surface area contributed by atoms with Gasteiger partial charge in [0.2, 0.25) is 0 Å². The van der Waals surface area contributed by atoms with Crippen molar-refractivity contribution >= 4 is 28.8 Å². The quantitative estimate of drug-likeness (QED) is 0.294. The second-order valence-electron chi connectivity index (χ2n) is 10.2. The minimum Gasteiger partial charge on any atom is -0.877 e. The van der Waals surface area contributed by atoms with E-state index >= 15 is 0 Å². The summed E-state index contributed by atoms with van der Waals surface area (Å²) in [7, 11) is 0. The van der Waals surface area contributed by atoms with Gasteiger partial charge in [0.25, 0.3) is 0 Å². The summed E-state index contributed by atoms with van der Waals surface area (Å²) in [6, 6.07) is 0. The van der Waals surface area contributed by atoms with Crippen molar-refractivity contribution in [2.75, 3.05) is 0 Å². The van der Waals surface area contributed by atoms with Crippen molar-refractivity contribution < 1.29 is 22.2 Å². The van der Waals surface area contributed by atoms with Crippen LogP contribution in [0.15, 0.2) is 83.9 Å². The van der Waals surface area contributed by atoms with Gasteiger partial charge < -0.3 is 10.1 Å². The third-order valence-corrected chi connectivity index (χ3v) is 8.34. The van der Waals surface area contributed by atoms with Crippen molar-refractivity contribution in [3.05, 3.63) is 91.5 Å². The number of hydrogen-bond donors (Lipinski definition) is 0. The van der Waals surface area contributed by atoms with Crippen LogP contribution in [0.25, 0.3) is 11.6 Å². The van der Waals surface area contributed by atoms with Crippen LogP contribution >= 0.6 is 0 Å². The Kier molecular flexibility index (Phi) is 8.20. The molecule has 4 aliphatic rings. The molecule has 1 aromatic rings. The summed E-state index contributed by atoms with van der Waals surface area (Å²) in [5.41, 5.74) is 16.7. The molecular formula is C33H36CuN4O. The molecule has 0 unspecified atom stereocenters. The molecule has 0 atom stereocenters. The monoisotopic (exact) mass is 567 g/mol. The summed E-state index contributed by atoms with van der Waals surface area (Å²) < 4.78 is 0. The molecule has 0 amide bonds. The van der Waals surface area contributed by atoms with E-state index in [2.05, 4.69) is 73.6 Å².